The molecule has 0 radical (unpaired) electrons. The summed E-state index contributed by atoms with van der Waals surface area (Å²) in [5, 5.41) is 5.85. The van der Waals surface area contributed by atoms with E-state index in [4.69, 9.17) is 0 Å². The quantitative estimate of drug-likeness (QED) is 0.529. The molecular weight excluding hydrogens is 449 g/mol. The highest BCUT2D eigenvalue weighted by Crippen LogP contribution is 2.44. The Morgan fingerprint density at radius 1 is 1.35 bits per heavy atom. The predicted molar refractivity (Wildman–Crippen MR) is 121 cm³/mol. The molecule has 2 aliphatic rings. The minimum absolute atomic E-state index is 0.0539. The number of nitrogens with zero attached hydrogens (tertiary/aromatic N) is 3. The first kappa shape index (κ1) is 24.0. The van der Waals surface area contributed by atoms with Crippen LogP contribution in [0.1, 0.15) is 43.5 Å². The van der Waals surface area contributed by atoms with E-state index in [-0.39, 0.29) is 29.9 Å². The summed E-state index contributed by atoms with van der Waals surface area (Å²) < 4.78 is 38.4. The fourth-order valence-corrected chi connectivity index (χ4v) is 4.68. The average molecular weight is 479 g/mol. The van der Waals surface area contributed by atoms with Crippen molar-refractivity contribution in [3.05, 3.63) is 30.6 Å². The van der Waals surface area contributed by atoms with Crippen LogP contribution in [-0.4, -0.2) is 63.0 Å². The van der Waals surface area contributed by atoms with Gasteiger partial charge >= 0.3 is 6.18 Å². The molecule has 1 saturated carbocycles. The van der Waals surface area contributed by atoms with Crippen LogP contribution in [0.25, 0.3) is 11.2 Å². The molecule has 2 fully saturated rings. The predicted octanol–water partition coefficient (Wildman–Crippen LogP) is 3.50. The Morgan fingerprint density at radius 2 is 2.12 bits per heavy atom. The molecular formula is C23H29F3N6O2. The van der Waals surface area contributed by atoms with E-state index in [1.165, 1.54) is 12.3 Å². The van der Waals surface area contributed by atoms with Gasteiger partial charge in [-0.05, 0) is 37.2 Å². The number of alkyl halides is 3. The highest BCUT2D eigenvalue weighted by atomic mass is 19.4. The fourth-order valence-electron chi connectivity index (χ4n) is 4.68. The second kappa shape index (κ2) is 9.27. The summed E-state index contributed by atoms with van der Waals surface area (Å²) in [6, 6.07) is -0.856. The number of hydrogen-bond acceptors (Lipinski definition) is 5. The van der Waals surface area contributed by atoms with Crippen LogP contribution >= 0.6 is 0 Å². The zero-order valence-corrected chi connectivity index (χ0v) is 19.2. The maximum atomic E-state index is 12.8. The third kappa shape index (κ3) is 5.18. The topological polar surface area (TPSA) is 103 Å². The molecule has 4 atom stereocenters. The molecule has 1 aliphatic heterocycles. The lowest BCUT2D eigenvalue weighted by atomic mass is 9.85. The number of fused-ring (bicyclic) bond motifs is 1. The molecule has 1 saturated heterocycles. The van der Waals surface area contributed by atoms with E-state index in [9.17, 15) is 22.8 Å². The lowest BCUT2D eigenvalue weighted by molar-refractivity contribution is -0.148. The summed E-state index contributed by atoms with van der Waals surface area (Å²) in [5.74, 6) is -1.09. The number of carbonyl (C=O) groups excluding carboxylic acids is 2. The van der Waals surface area contributed by atoms with Crippen molar-refractivity contribution in [2.75, 3.05) is 18.4 Å². The largest absolute Gasteiger partial charge is 0.393 e. The van der Waals surface area contributed by atoms with Gasteiger partial charge in [-0.1, -0.05) is 20.4 Å². The van der Waals surface area contributed by atoms with Crippen LogP contribution < -0.4 is 10.6 Å². The van der Waals surface area contributed by atoms with Crippen molar-refractivity contribution in [3.8, 4) is 0 Å². The molecule has 3 N–H and O–H groups in total. The van der Waals surface area contributed by atoms with Crippen molar-refractivity contribution in [1.29, 1.82) is 0 Å². The second-order valence-electron chi connectivity index (χ2n) is 9.54. The third-order valence-corrected chi connectivity index (χ3v) is 6.48. The van der Waals surface area contributed by atoms with Crippen molar-refractivity contribution in [3.63, 3.8) is 0 Å². The van der Waals surface area contributed by atoms with Crippen molar-refractivity contribution in [1.82, 2.24) is 25.2 Å². The van der Waals surface area contributed by atoms with Crippen molar-refractivity contribution < 1.29 is 22.8 Å². The SMILES string of the molecule is C=CC(=O)N1CCC(Nc2cnc3[nH]cc(C(=O)N[C@@H]4C[C@H]4C(F)(F)F)c3n2)[C@H](CC(C)C)C1. The van der Waals surface area contributed by atoms with Gasteiger partial charge in [-0.25, -0.2) is 9.97 Å². The molecule has 3 heterocycles. The summed E-state index contributed by atoms with van der Waals surface area (Å²) in [7, 11) is 0. The Hall–Kier alpha value is -3.11. The van der Waals surface area contributed by atoms with Crippen molar-refractivity contribution in [2.45, 2.75) is 51.4 Å². The van der Waals surface area contributed by atoms with Gasteiger partial charge < -0.3 is 20.5 Å². The summed E-state index contributed by atoms with van der Waals surface area (Å²) in [5.41, 5.74) is 0.833. The molecule has 34 heavy (non-hydrogen) atoms. The number of nitrogens with one attached hydrogen (secondary N) is 3. The van der Waals surface area contributed by atoms with Gasteiger partial charge in [0, 0.05) is 31.4 Å². The van der Waals surface area contributed by atoms with Gasteiger partial charge in [0.2, 0.25) is 5.91 Å². The normalized spacial score (nSPS) is 24.8. The first-order valence-corrected chi connectivity index (χ1v) is 11.5. The first-order valence-electron chi connectivity index (χ1n) is 11.5. The monoisotopic (exact) mass is 478 g/mol. The molecule has 2 aromatic heterocycles. The molecule has 11 heteroatoms. The van der Waals surface area contributed by atoms with Crippen molar-refractivity contribution >= 4 is 28.8 Å². The van der Waals surface area contributed by atoms with E-state index in [1.54, 1.807) is 11.1 Å². The van der Waals surface area contributed by atoms with E-state index >= 15 is 0 Å². The molecule has 2 aromatic rings. The van der Waals surface area contributed by atoms with Gasteiger partial charge in [-0.15, -0.1) is 0 Å². The Balaban J connectivity index is 1.48. The van der Waals surface area contributed by atoms with Crippen LogP contribution in [0.15, 0.2) is 25.0 Å². The summed E-state index contributed by atoms with van der Waals surface area (Å²) in [4.78, 5) is 38.2. The lowest BCUT2D eigenvalue weighted by Crippen LogP contribution is -2.48. The van der Waals surface area contributed by atoms with Crippen LogP contribution in [0.2, 0.25) is 0 Å². The summed E-state index contributed by atoms with van der Waals surface area (Å²) in [6.07, 6.45) is 1.51. The number of anilines is 1. The molecule has 2 amide bonds. The van der Waals surface area contributed by atoms with E-state index in [0.29, 0.717) is 36.0 Å². The Kier molecular flexibility index (Phi) is 6.55. The van der Waals surface area contributed by atoms with E-state index in [2.05, 4.69) is 46.0 Å². The van der Waals surface area contributed by atoms with Crippen LogP contribution in [0.3, 0.4) is 0 Å². The molecule has 184 valence electrons. The Bertz CT molecular complexity index is 1080. The van der Waals surface area contributed by atoms with Gasteiger partial charge in [0.05, 0.1) is 17.7 Å². The smallest absolute Gasteiger partial charge is 0.366 e. The molecule has 1 unspecified atom stereocenters. The Morgan fingerprint density at radius 3 is 2.76 bits per heavy atom. The van der Waals surface area contributed by atoms with E-state index < -0.39 is 24.0 Å². The van der Waals surface area contributed by atoms with Crippen molar-refractivity contribution in [2.24, 2.45) is 17.8 Å². The van der Waals surface area contributed by atoms with Crippen LogP contribution in [0.5, 0.6) is 0 Å². The molecule has 0 spiro atoms. The minimum Gasteiger partial charge on any atom is -0.366 e. The van der Waals surface area contributed by atoms with Gasteiger partial charge in [-0.2, -0.15) is 13.2 Å². The maximum absolute atomic E-state index is 12.8. The third-order valence-electron chi connectivity index (χ3n) is 6.48. The highest BCUT2D eigenvalue weighted by Gasteiger charge is 2.56. The van der Waals surface area contributed by atoms with Gasteiger partial charge in [0.15, 0.2) is 5.65 Å². The highest BCUT2D eigenvalue weighted by molar-refractivity contribution is 6.04. The minimum atomic E-state index is -4.31. The molecule has 0 bridgehead atoms. The number of piperidine rings is 1. The van der Waals surface area contributed by atoms with Gasteiger partial charge in [0.1, 0.15) is 11.3 Å². The van der Waals surface area contributed by atoms with Gasteiger partial charge in [0.25, 0.3) is 5.91 Å². The summed E-state index contributed by atoms with van der Waals surface area (Å²) in [6.45, 7) is 9.03. The van der Waals surface area contributed by atoms with Crippen LogP contribution in [0.4, 0.5) is 19.0 Å². The first-order chi connectivity index (χ1) is 16.1. The van der Waals surface area contributed by atoms with Crippen LogP contribution in [0, 0.1) is 17.8 Å². The maximum Gasteiger partial charge on any atom is 0.393 e. The second-order valence-corrected chi connectivity index (χ2v) is 9.54. The molecule has 4 rings (SSSR count). The number of aromatic nitrogens is 3. The number of likely N-dealkylation sites (tertiary alicyclic amines) is 1. The number of amides is 2. The summed E-state index contributed by atoms with van der Waals surface area (Å²) >= 11 is 0. The number of halogens is 3. The average Bonchev–Trinajstić information content (AvgIpc) is 3.43. The number of carbonyl (C=O) groups is 2. The number of rotatable bonds is 7. The molecule has 8 nitrogen and oxygen atoms in total. The fraction of sp³-hybridized carbons (Fsp3) is 0.565. The van der Waals surface area contributed by atoms with Gasteiger partial charge in [-0.3, -0.25) is 9.59 Å². The van der Waals surface area contributed by atoms with Crippen LogP contribution in [-0.2, 0) is 4.79 Å². The zero-order chi connectivity index (χ0) is 24.6. The lowest BCUT2D eigenvalue weighted by Gasteiger charge is -2.39. The molecule has 1 aliphatic carbocycles. The number of H-pyrrole nitrogens is 1. The zero-order valence-electron chi connectivity index (χ0n) is 19.2. The Labute approximate surface area is 195 Å². The van der Waals surface area contributed by atoms with E-state index in [1.807, 2.05) is 0 Å². The number of hydrogen-bond donors (Lipinski definition) is 3. The molecule has 0 aromatic carbocycles. The standard InChI is InChI=1S/C23H29F3N6O2/c1-4-19(33)32-6-5-16(13(11-32)7-12(2)3)29-18-10-28-21-20(31-18)14(9-27-21)22(34)30-17-8-15(17)23(24,25)26/h4,9-10,12-13,15-17H,1,5-8,11H2,2-3H3,(H,27,28)(H,29,31)(H,30,34)/t13-,15-,16?,17-/m1/s1. The van der Waals surface area contributed by atoms with E-state index in [0.717, 1.165) is 12.8 Å². The number of aromatic amines is 1.